The molecule has 0 spiro atoms. The van der Waals surface area contributed by atoms with E-state index in [1.165, 1.54) is 0 Å². The Bertz CT molecular complexity index is 522. The second-order valence-corrected chi connectivity index (χ2v) is 6.31. The number of benzene rings is 1. The summed E-state index contributed by atoms with van der Waals surface area (Å²) in [7, 11) is -3.98. The van der Waals surface area contributed by atoms with Crippen LogP contribution >= 0.6 is 11.6 Å². The number of alkyl halides is 1. The Hall–Kier alpha value is -0.720. The van der Waals surface area contributed by atoms with Crippen molar-refractivity contribution in [1.29, 1.82) is 0 Å². The summed E-state index contributed by atoms with van der Waals surface area (Å²) in [6.45, 7) is 2.28. The van der Waals surface area contributed by atoms with Gasteiger partial charge < -0.3 is 0 Å². The summed E-state index contributed by atoms with van der Waals surface area (Å²) in [4.78, 5) is -0.518. The van der Waals surface area contributed by atoms with E-state index in [2.05, 4.69) is 0 Å². The summed E-state index contributed by atoms with van der Waals surface area (Å²) in [5.74, 6) is -1.78. The number of nitrogens with zero attached hydrogens (tertiary/aromatic N) is 1. The number of rotatable bonds is 7. The second-order valence-electron chi connectivity index (χ2n) is 4.02. The zero-order valence-electron chi connectivity index (χ0n) is 10.6. The topological polar surface area (TPSA) is 37.4 Å². The molecule has 0 bridgehead atoms. The maximum Gasteiger partial charge on any atom is 0.246 e. The predicted octanol–water partition coefficient (Wildman–Crippen LogP) is 2.99. The molecule has 7 heteroatoms. The highest BCUT2D eigenvalue weighted by molar-refractivity contribution is 7.89. The van der Waals surface area contributed by atoms with Gasteiger partial charge in [0.1, 0.15) is 16.5 Å². The number of unbranched alkanes of at least 4 members (excludes halogenated alkanes) is 1. The Morgan fingerprint density at radius 2 is 1.95 bits per heavy atom. The molecule has 19 heavy (non-hydrogen) atoms. The molecule has 108 valence electrons. The van der Waals surface area contributed by atoms with Crippen molar-refractivity contribution in [2.24, 2.45) is 0 Å². The third kappa shape index (κ3) is 4.12. The van der Waals surface area contributed by atoms with Crippen molar-refractivity contribution in [3.8, 4) is 0 Å². The maximum absolute atomic E-state index is 13.6. The molecule has 0 N–H and O–H groups in total. The number of hydrogen-bond acceptors (Lipinski definition) is 2. The molecule has 0 atom stereocenters. The number of hydrogen-bond donors (Lipinski definition) is 0. The first kappa shape index (κ1) is 16.3. The fourth-order valence-corrected chi connectivity index (χ4v) is 3.43. The van der Waals surface area contributed by atoms with Gasteiger partial charge in [0.15, 0.2) is 0 Å². The van der Waals surface area contributed by atoms with Crippen LogP contribution in [-0.4, -0.2) is 31.7 Å². The first-order valence-corrected chi connectivity index (χ1v) is 7.92. The Kier molecular flexibility index (Phi) is 6.16. The molecular formula is C12H16ClF2NO2S. The quantitative estimate of drug-likeness (QED) is 0.726. The smallest absolute Gasteiger partial charge is 0.207 e. The molecule has 0 saturated heterocycles. The highest BCUT2D eigenvalue weighted by atomic mass is 35.5. The molecule has 0 heterocycles. The lowest BCUT2D eigenvalue weighted by molar-refractivity contribution is 0.416. The van der Waals surface area contributed by atoms with E-state index in [-0.39, 0.29) is 19.0 Å². The zero-order chi connectivity index (χ0) is 14.5. The van der Waals surface area contributed by atoms with Crippen LogP contribution in [0.1, 0.15) is 19.8 Å². The van der Waals surface area contributed by atoms with Gasteiger partial charge in [-0.15, -0.1) is 11.6 Å². The molecule has 0 aromatic heterocycles. The van der Waals surface area contributed by atoms with Crippen molar-refractivity contribution in [3.63, 3.8) is 0 Å². The summed E-state index contributed by atoms with van der Waals surface area (Å²) in [5.41, 5.74) is 0. The molecule has 0 saturated carbocycles. The predicted molar refractivity (Wildman–Crippen MR) is 70.7 cm³/mol. The minimum atomic E-state index is -3.98. The zero-order valence-corrected chi connectivity index (χ0v) is 12.1. The van der Waals surface area contributed by atoms with E-state index in [1.807, 2.05) is 6.92 Å². The molecule has 3 nitrogen and oxygen atoms in total. The largest absolute Gasteiger partial charge is 0.246 e. The lowest BCUT2D eigenvalue weighted by Gasteiger charge is -2.21. The third-order valence-corrected chi connectivity index (χ3v) is 4.71. The van der Waals surface area contributed by atoms with Crippen LogP contribution in [0.3, 0.4) is 0 Å². The first-order chi connectivity index (χ1) is 8.93. The normalized spacial score (nSPS) is 12.1. The summed E-state index contributed by atoms with van der Waals surface area (Å²) in [5, 5.41) is 0. The van der Waals surface area contributed by atoms with E-state index in [1.54, 1.807) is 0 Å². The molecule has 0 aliphatic carbocycles. The Morgan fingerprint density at radius 1 is 1.26 bits per heavy atom. The lowest BCUT2D eigenvalue weighted by Crippen LogP contribution is -2.34. The number of sulfonamides is 1. The minimum Gasteiger partial charge on any atom is -0.207 e. The molecule has 1 aromatic rings. The molecule has 0 unspecified atom stereocenters. The van der Waals surface area contributed by atoms with Crippen molar-refractivity contribution < 1.29 is 17.2 Å². The van der Waals surface area contributed by atoms with Crippen molar-refractivity contribution in [1.82, 2.24) is 4.31 Å². The molecule has 0 fully saturated rings. The van der Waals surface area contributed by atoms with Gasteiger partial charge in [-0.25, -0.2) is 17.2 Å². The molecule has 1 aromatic carbocycles. The van der Waals surface area contributed by atoms with Crippen LogP contribution in [0.15, 0.2) is 23.1 Å². The van der Waals surface area contributed by atoms with Crippen LogP contribution < -0.4 is 0 Å². The van der Waals surface area contributed by atoms with Gasteiger partial charge in [0.2, 0.25) is 10.0 Å². The van der Waals surface area contributed by atoms with Gasteiger partial charge in [-0.05, 0) is 18.6 Å². The van der Waals surface area contributed by atoms with Gasteiger partial charge in [-0.1, -0.05) is 13.3 Å². The monoisotopic (exact) mass is 311 g/mol. The number of halogens is 3. The van der Waals surface area contributed by atoms with Crippen molar-refractivity contribution >= 4 is 21.6 Å². The van der Waals surface area contributed by atoms with Gasteiger partial charge >= 0.3 is 0 Å². The summed E-state index contributed by atoms with van der Waals surface area (Å²) < 4.78 is 52.1. The van der Waals surface area contributed by atoms with Crippen molar-refractivity contribution in [2.75, 3.05) is 19.0 Å². The third-order valence-electron chi connectivity index (χ3n) is 2.61. The summed E-state index contributed by atoms with van der Waals surface area (Å²) in [6.07, 6.45) is 1.46. The fraction of sp³-hybridized carbons (Fsp3) is 0.500. The average molecular weight is 312 g/mol. The van der Waals surface area contributed by atoms with E-state index in [0.717, 1.165) is 22.9 Å². The van der Waals surface area contributed by atoms with E-state index in [9.17, 15) is 17.2 Å². The highest BCUT2D eigenvalue weighted by Crippen LogP contribution is 2.20. The van der Waals surface area contributed by atoms with Crippen LogP contribution in [0.5, 0.6) is 0 Å². The van der Waals surface area contributed by atoms with Gasteiger partial charge in [-0.3, -0.25) is 0 Å². The van der Waals surface area contributed by atoms with E-state index in [0.29, 0.717) is 12.5 Å². The van der Waals surface area contributed by atoms with Crippen LogP contribution in [0, 0.1) is 11.6 Å². The van der Waals surface area contributed by atoms with Crippen LogP contribution in [-0.2, 0) is 10.0 Å². The van der Waals surface area contributed by atoms with Crippen LogP contribution in [0.25, 0.3) is 0 Å². The maximum atomic E-state index is 13.6. The standard InChI is InChI=1S/C12H16ClF2NO2S/c1-2-3-7-16(8-6-13)19(17,18)12-5-4-10(14)9-11(12)15/h4-5,9H,2-3,6-8H2,1H3. The van der Waals surface area contributed by atoms with Gasteiger partial charge in [0.25, 0.3) is 0 Å². The lowest BCUT2D eigenvalue weighted by atomic mass is 10.3. The van der Waals surface area contributed by atoms with Crippen LogP contribution in [0.4, 0.5) is 8.78 Å². The minimum absolute atomic E-state index is 0.0979. The van der Waals surface area contributed by atoms with E-state index in [4.69, 9.17) is 11.6 Å². The average Bonchev–Trinajstić information content (AvgIpc) is 2.33. The molecule has 0 amide bonds. The molecule has 0 radical (unpaired) electrons. The molecule has 0 aliphatic rings. The SMILES string of the molecule is CCCCN(CCCl)S(=O)(=O)c1ccc(F)cc1F. The van der Waals surface area contributed by atoms with Crippen LogP contribution in [0.2, 0.25) is 0 Å². The molecule has 1 rings (SSSR count). The Balaban J connectivity index is 3.11. The Morgan fingerprint density at radius 3 is 2.47 bits per heavy atom. The molecule has 0 aliphatic heterocycles. The molecular weight excluding hydrogens is 296 g/mol. The van der Waals surface area contributed by atoms with Crippen molar-refractivity contribution in [3.05, 3.63) is 29.8 Å². The van der Waals surface area contributed by atoms with E-state index < -0.39 is 26.6 Å². The summed E-state index contributed by atoms with van der Waals surface area (Å²) in [6, 6.07) is 2.42. The fourth-order valence-electron chi connectivity index (χ4n) is 1.60. The van der Waals surface area contributed by atoms with Gasteiger partial charge in [0.05, 0.1) is 0 Å². The van der Waals surface area contributed by atoms with Gasteiger partial charge in [-0.2, -0.15) is 4.31 Å². The highest BCUT2D eigenvalue weighted by Gasteiger charge is 2.26. The first-order valence-electron chi connectivity index (χ1n) is 5.94. The Labute approximate surface area is 117 Å². The summed E-state index contributed by atoms with van der Waals surface area (Å²) >= 11 is 5.57. The van der Waals surface area contributed by atoms with E-state index >= 15 is 0 Å². The van der Waals surface area contributed by atoms with Crippen molar-refractivity contribution in [2.45, 2.75) is 24.7 Å². The van der Waals surface area contributed by atoms with Gasteiger partial charge in [0, 0.05) is 25.0 Å². The second kappa shape index (κ2) is 7.17.